The van der Waals surface area contributed by atoms with Crippen LogP contribution in [0.25, 0.3) is 0 Å². The Bertz CT molecular complexity index is 264. The van der Waals surface area contributed by atoms with Gasteiger partial charge in [-0.3, -0.25) is 9.69 Å². The fourth-order valence-corrected chi connectivity index (χ4v) is 3.63. The van der Waals surface area contributed by atoms with Crippen LogP contribution in [-0.2, 0) is 4.79 Å². The Balaban J connectivity index is 1.90. The molecule has 3 atom stereocenters. The maximum absolute atomic E-state index is 12.0. The van der Waals surface area contributed by atoms with Crippen molar-refractivity contribution >= 4 is 5.78 Å². The molecule has 1 heterocycles. The summed E-state index contributed by atoms with van der Waals surface area (Å²) in [6.45, 7) is 6.82. The summed E-state index contributed by atoms with van der Waals surface area (Å²) in [5.41, 5.74) is 0. The topological polar surface area (TPSA) is 20.3 Å². The van der Waals surface area contributed by atoms with Gasteiger partial charge in [-0.25, -0.2) is 0 Å². The van der Waals surface area contributed by atoms with E-state index in [1.165, 1.54) is 32.2 Å². The first kappa shape index (κ1) is 13.1. The lowest BCUT2D eigenvalue weighted by molar-refractivity contribution is -0.126. The first-order chi connectivity index (χ1) is 8.24. The predicted octanol–water partition coefficient (Wildman–Crippen LogP) is 3.26. The number of rotatable bonds is 4. The molecule has 0 radical (unpaired) electrons. The third kappa shape index (κ3) is 3.09. The first-order valence-corrected chi connectivity index (χ1v) is 7.51. The van der Waals surface area contributed by atoms with Crippen LogP contribution in [0.4, 0.5) is 0 Å². The fourth-order valence-electron chi connectivity index (χ4n) is 3.63. The van der Waals surface area contributed by atoms with Crippen molar-refractivity contribution in [3.05, 3.63) is 0 Å². The average molecular weight is 237 g/mol. The van der Waals surface area contributed by atoms with Gasteiger partial charge in [0.05, 0.1) is 0 Å². The minimum absolute atomic E-state index is 0.348. The van der Waals surface area contributed by atoms with Gasteiger partial charge in [0.25, 0.3) is 0 Å². The van der Waals surface area contributed by atoms with Crippen molar-refractivity contribution in [1.82, 2.24) is 4.90 Å². The molecule has 0 aromatic rings. The Hall–Kier alpha value is -0.370. The highest BCUT2D eigenvalue weighted by Gasteiger charge is 2.32. The molecule has 0 amide bonds. The van der Waals surface area contributed by atoms with Crippen molar-refractivity contribution in [2.24, 2.45) is 11.8 Å². The lowest BCUT2D eigenvalue weighted by Gasteiger charge is -2.32. The molecule has 0 aromatic heterocycles. The van der Waals surface area contributed by atoms with Crippen molar-refractivity contribution in [3.8, 4) is 0 Å². The predicted molar refractivity (Wildman–Crippen MR) is 71.0 cm³/mol. The number of ketones is 1. The van der Waals surface area contributed by atoms with E-state index < -0.39 is 0 Å². The Labute approximate surface area is 106 Å². The van der Waals surface area contributed by atoms with E-state index >= 15 is 0 Å². The van der Waals surface area contributed by atoms with E-state index in [2.05, 4.69) is 18.7 Å². The van der Waals surface area contributed by atoms with Gasteiger partial charge in [0.15, 0.2) is 0 Å². The normalized spacial score (nSPS) is 35.4. The molecule has 1 aliphatic carbocycles. The minimum Gasteiger partial charge on any atom is -0.300 e. The molecule has 98 valence electrons. The van der Waals surface area contributed by atoms with E-state index in [4.69, 9.17) is 0 Å². The van der Waals surface area contributed by atoms with E-state index in [0.717, 1.165) is 37.8 Å². The first-order valence-electron chi connectivity index (χ1n) is 7.51. The third-order valence-electron chi connectivity index (χ3n) is 4.87. The molecular formula is C15H27NO. The number of likely N-dealkylation sites (tertiary alicyclic amines) is 1. The van der Waals surface area contributed by atoms with Crippen LogP contribution < -0.4 is 0 Å². The zero-order valence-corrected chi connectivity index (χ0v) is 11.5. The van der Waals surface area contributed by atoms with Gasteiger partial charge in [-0.2, -0.15) is 0 Å². The molecule has 2 nitrogen and oxygen atoms in total. The molecule has 0 aromatic carbocycles. The smallest absolute Gasteiger partial charge is 0.137 e. The summed E-state index contributed by atoms with van der Waals surface area (Å²) in [6.07, 6.45) is 8.31. The van der Waals surface area contributed by atoms with Gasteiger partial charge in [0.2, 0.25) is 0 Å². The lowest BCUT2D eigenvalue weighted by Crippen LogP contribution is -2.38. The van der Waals surface area contributed by atoms with Crippen LogP contribution in [0.2, 0.25) is 0 Å². The van der Waals surface area contributed by atoms with Gasteiger partial charge >= 0.3 is 0 Å². The van der Waals surface area contributed by atoms with Crippen LogP contribution in [0.15, 0.2) is 0 Å². The third-order valence-corrected chi connectivity index (χ3v) is 4.87. The maximum Gasteiger partial charge on any atom is 0.137 e. The van der Waals surface area contributed by atoms with E-state index in [-0.39, 0.29) is 0 Å². The Morgan fingerprint density at radius 3 is 2.76 bits per heavy atom. The number of carbonyl (C=O) groups excluding carboxylic acids is 1. The molecule has 1 aliphatic heterocycles. The highest BCUT2D eigenvalue weighted by Crippen LogP contribution is 2.31. The van der Waals surface area contributed by atoms with Crippen LogP contribution in [0.3, 0.4) is 0 Å². The van der Waals surface area contributed by atoms with E-state index in [0.29, 0.717) is 11.7 Å². The van der Waals surface area contributed by atoms with Crippen LogP contribution in [0.5, 0.6) is 0 Å². The summed E-state index contributed by atoms with van der Waals surface area (Å²) in [7, 11) is 0. The summed E-state index contributed by atoms with van der Waals surface area (Å²) in [6, 6.07) is 0.754. The zero-order chi connectivity index (χ0) is 12.3. The molecule has 0 N–H and O–H groups in total. The summed E-state index contributed by atoms with van der Waals surface area (Å²) in [4.78, 5) is 14.6. The monoisotopic (exact) mass is 237 g/mol. The zero-order valence-electron chi connectivity index (χ0n) is 11.5. The van der Waals surface area contributed by atoms with Crippen LogP contribution >= 0.6 is 0 Å². The standard InChI is InChI=1S/C15H27NO/c1-3-12-7-8-15(17)13(10-12)11-16-9-5-6-14(16)4-2/h12-14H,3-11H2,1-2H3. The van der Waals surface area contributed by atoms with Gasteiger partial charge < -0.3 is 0 Å². The summed E-state index contributed by atoms with van der Waals surface area (Å²) in [5, 5.41) is 0. The summed E-state index contributed by atoms with van der Waals surface area (Å²) >= 11 is 0. The molecule has 2 heteroatoms. The Morgan fingerprint density at radius 1 is 1.24 bits per heavy atom. The molecule has 1 saturated carbocycles. The quantitative estimate of drug-likeness (QED) is 0.748. The van der Waals surface area contributed by atoms with Crippen molar-refractivity contribution < 1.29 is 4.79 Å². The van der Waals surface area contributed by atoms with Crippen LogP contribution in [0.1, 0.15) is 58.8 Å². The number of carbonyl (C=O) groups is 1. The average Bonchev–Trinajstić information content (AvgIpc) is 2.79. The highest BCUT2D eigenvalue weighted by atomic mass is 16.1. The molecule has 1 saturated heterocycles. The molecule has 0 spiro atoms. The number of hydrogen-bond donors (Lipinski definition) is 0. The molecule has 0 bridgehead atoms. The molecule has 2 rings (SSSR count). The van der Waals surface area contributed by atoms with Crippen molar-refractivity contribution in [3.63, 3.8) is 0 Å². The maximum atomic E-state index is 12.0. The summed E-state index contributed by atoms with van der Waals surface area (Å²) < 4.78 is 0. The van der Waals surface area contributed by atoms with Crippen LogP contribution in [0, 0.1) is 11.8 Å². The van der Waals surface area contributed by atoms with Gasteiger partial charge in [-0.1, -0.05) is 20.3 Å². The van der Waals surface area contributed by atoms with Gasteiger partial charge in [0.1, 0.15) is 5.78 Å². The second-order valence-electron chi connectivity index (χ2n) is 5.91. The van der Waals surface area contributed by atoms with E-state index in [9.17, 15) is 4.79 Å². The van der Waals surface area contributed by atoms with Gasteiger partial charge in [-0.15, -0.1) is 0 Å². The van der Waals surface area contributed by atoms with Crippen molar-refractivity contribution in [2.45, 2.75) is 64.8 Å². The fraction of sp³-hybridized carbons (Fsp3) is 0.933. The molecule has 2 aliphatic rings. The van der Waals surface area contributed by atoms with Crippen molar-refractivity contribution in [2.75, 3.05) is 13.1 Å². The minimum atomic E-state index is 0.348. The second-order valence-corrected chi connectivity index (χ2v) is 5.91. The van der Waals surface area contributed by atoms with Gasteiger partial charge in [0, 0.05) is 24.9 Å². The largest absolute Gasteiger partial charge is 0.300 e. The molecule has 17 heavy (non-hydrogen) atoms. The van der Waals surface area contributed by atoms with E-state index in [1.54, 1.807) is 0 Å². The molecule has 2 fully saturated rings. The summed E-state index contributed by atoms with van der Waals surface area (Å²) in [5.74, 6) is 1.69. The van der Waals surface area contributed by atoms with Crippen molar-refractivity contribution in [1.29, 1.82) is 0 Å². The SMILES string of the molecule is CCC1CCC(=O)C(CN2CCCC2CC)C1. The van der Waals surface area contributed by atoms with E-state index in [1.807, 2.05) is 0 Å². The lowest BCUT2D eigenvalue weighted by atomic mass is 9.79. The Morgan fingerprint density at radius 2 is 2.06 bits per heavy atom. The number of hydrogen-bond acceptors (Lipinski definition) is 2. The second kappa shape index (κ2) is 5.99. The Kier molecular flexibility index (Phi) is 4.61. The van der Waals surface area contributed by atoms with Gasteiger partial charge in [-0.05, 0) is 44.6 Å². The highest BCUT2D eigenvalue weighted by molar-refractivity contribution is 5.81. The molecule has 3 unspecified atom stereocenters. The van der Waals surface area contributed by atoms with Crippen LogP contribution in [-0.4, -0.2) is 29.8 Å². The number of nitrogens with zero attached hydrogens (tertiary/aromatic N) is 1. The number of Topliss-reactive ketones (excluding diaryl/α,β-unsaturated/α-hetero) is 1. The molecular weight excluding hydrogens is 210 g/mol.